The van der Waals surface area contributed by atoms with Gasteiger partial charge in [-0.2, -0.15) is 26.3 Å². The number of carbonyl (C=O) groups excluding carboxylic acids is 1. The van der Waals surface area contributed by atoms with E-state index in [2.05, 4.69) is 4.98 Å². The summed E-state index contributed by atoms with van der Waals surface area (Å²) in [5, 5.41) is 18.2. The van der Waals surface area contributed by atoms with Gasteiger partial charge in [-0.05, 0) is 37.1 Å². The van der Waals surface area contributed by atoms with Crippen LogP contribution in [0.4, 0.5) is 32.0 Å². The van der Waals surface area contributed by atoms with Crippen molar-refractivity contribution in [1.82, 2.24) is 4.98 Å². The maximum Gasteiger partial charge on any atom is 0.430 e. The van der Waals surface area contributed by atoms with Gasteiger partial charge >= 0.3 is 18.3 Å². The Labute approximate surface area is 178 Å². The normalized spacial score (nSPS) is 12.5. The van der Waals surface area contributed by atoms with Crippen LogP contribution >= 0.6 is 0 Å². The second kappa shape index (κ2) is 9.55. The van der Waals surface area contributed by atoms with Gasteiger partial charge in [0.05, 0.1) is 0 Å². The molecule has 0 aliphatic carbocycles. The molecule has 174 valence electrons. The molecular formula is C20H18F6N2O4. The molecule has 1 aromatic carbocycles. The monoisotopic (exact) mass is 464 g/mol. The van der Waals surface area contributed by atoms with E-state index in [0.717, 1.165) is 17.0 Å². The van der Waals surface area contributed by atoms with Gasteiger partial charge < -0.3 is 15.1 Å². The maximum atomic E-state index is 13.1. The number of anilines is 1. The van der Waals surface area contributed by atoms with Crippen LogP contribution in [0.15, 0.2) is 48.8 Å². The lowest BCUT2D eigenvalue weighted by Crippen LogP contribution is -2.53. The van der Waals surface area contributed by atoms with Crippen LogP contribution in [0.5, 0.6) is 0 Å². The molecule has 2 N–H and O–H groups in total. The molecule has 1 heterocycles. The number of carboxylic acids is 1. The molecule has 0 radical (unpaired) electrons. The molecule has 0 unspecified atom stereocenters. The zero-order chi connectivity index (χ0) is 24.2. The number of halogens is 6. The summed E-state index contributed by atoms with van der Waals surface area (Å²) in [5.41, 5.74) is -6.41. The molecule has 0 spiro atoms. The minimum Gasteiger partial charge on any atom is -0.481 e. The molecule has 0 bridgehead atoms. The Bertz CT molecular complexity index is 916. The summed E-state index contributed by atoms with van der Waals surface area (Å²) in [6, 6.07) is 5.34. The third kappa shape index (κ3) is 5.36. The Morgan fingerprint density at radius 2 is 1.41 bits per heavy atom. The number of hydrogen-bond donors (Lipinski definition) is 2. The van der Waals surface area contributed by atoms with E-state index in [0.29, 0.717) is 12.1 Å². The fourth-order valence-electron chi connectivity index (χ4n) is 2.91. The van der Waals surface area contributed by atoms with Gasteiger partial charge in [0, 0.05) is 42.2 Å². The average molecular weight is 464 g/mol. The van der Waals surface area contributed by atoms with Crippen LogP contribution in [-0.4, -0.2) is 46.0 Å². The summed E-state index contributed by atoms with van der Waals surface area (Å²) in [6.45, 7) is -0.0450. The molecule has 12 heteroatoms. The fraction of sp³-hybridized carbons (Fsp3) is 0.350. The summed E-state index contributed by atoms with van der Waals surface area (Å²) < 4.78 is 78.5. The van der Waals surface area contributed by atoms with E-state index in [1.165, 1.54) is 24.5 Å². The minimum absolute atomic E-state index is 0.0300. The van der Waals surface area contributed by atoms with Crippen LogP contribution in [-0.2, 0) is 10.4 Å². The summed E-state index contributed by atoms with van der Waals surface area (Å²) in [4.78, 5) is 28.4. The van der Waals surface area contributed by atoms with Crippen molar-refractivity contribution in [3.63, 3.8) is 0 Å². The second-order valence-electron chi connectivity index (χ2n) is 6.80. The Morgan fingerprint density at radius 3 is 1.88 bits per heavy atom. The van der Waals surface area contributed by atoms with E-state index in [1.54, 1.807) is 0 Å². The number of nitrogens with zero attached hydrogens (tertiary/aromatic N) is 2. The number of aliphatic hydroxyl groups is 1. The maximum absolute atomic E-state index is 13.1. The van der Waals surface area contributed by atoms with Crippen molar-refractivity contribution in [2.24, 2.45) is 0 Å². The summed E-state index contributed by atoms with van der Waals surface area (Å²) in [7, 11) is 0. The summed E-state index contributed by atoms with van der Waals surface area (Å²) in [5.74, 6) is -1.67. The van der Waals surface area contributed by atoms with Gasteiger partial charge in [0.25, 0.3) is 11.5 Å². The first kappa shape index (κ1) is 25.1. The second-order valence-corrected chi connectivity index (χ2v) is 6.80. The van der Waals surface area contributed by atoms with Crippen molar-refractivity contribution in [2.75, 3.05) is 11.4 Å². The van der Waals surface area contributed by atoms with Crippen molar-refractivity contribution in [3.8, 4) is 0 Å². The fourth-order valence-corrected chi connectivity index (χ4v) is 2.91. The summed E-state index contributed by atoms with van der Waals surface area (Å²) in [6.07, 6.45) is -9.19. The van der Waals surface area contributed by atoms with Crippen molar-refractivity contribution in [2.45, 2.75) is 37.2 Å². The number of amides is 1. The zero-order valence-electron chi connectivity index (χ0n) is 16.3. The molecule has 1 aromatic heterocycles. The molecule has 32 heavy (non-hydrogen) atoms. The van der Waals surface area contributed by atoms with E-state index < -0.39 is 35.4 Å². The highest BCUT2D eigenvalue weighted by Gasteiger charge is 2.71. The first-order valence-corrected chi connectivity index (χ1v) is 9.19. The molecule has 1 amide bonds. The number of hydrogen-bond acceptors (Lipinski definition) is 4. The van der Waals surface area contributed by atoms with Crippen LogP contribution in [0.2, 0.25) is 0 Å². The highest BCUT2D eigenvalue weighted by atomic mass is 19.4. The summed E-state index contributed by atoms with van der Waals surface area (Å²) >= 11 is 0. The van der Waals surface area contributed by atoms with E-state index in [4.69, 9.17) is 5.11 Å². The molecule has 2 rings (SSSR count). The quantitative estimate of drug-likeness (QED) is 0.449. The molecule has 0 aliphatic heterocycles. The van der Waals surface area contributed by atoms with Gasteiger partial charge in [0.15, 0.2) is 0 Å². The van der Waals surface area contributed by atoms with E-state index in [1.807, 2.05) is 0 Å². The highest BCUT2D eigenvalue weighted by Crippen LogP contribution is 2.50. The Hall–Kier alpha value is -3.15. The number of carbonyl (C=O) groups is 2. The van der Waals surface area contributed by atoms with Gasteiger partial charge in [-0.25, -0.2) is 0 Å². The molecule has 2 aromatic rings. The van der Waals surface area contributed by atoms with Crippen LogP contribution in [0.1, 0.15) is 35.2 Å². The first-order chi connectivity index (χ1) is 14.8. The number of benzene rings is 1. The van der Waals surface area contributed by atoms with Crippen LogP contribution in [0, 0.1) is 0 Å². The largest absolute Gasteiger partial charge is 0.481 e. The lowest BCUT2D eigenvalue weighted by molar-refractivity contribution is -0.376. The Morgan fingerprint density at radius 1 is 0.875 bits per heavy atom. The van der Waals surface area contributed by atoms with Crippen LogP contribution in [0.3, 0.4) is 0 Å². The Balaban J connectivity index is 2.39. The third-order valence-electron chi connectivity index (χ3n) is 4.61. The van der Waals surface area contributed by atoms with E-state index in [9.17, 15) is 41.0 Å². The topological polar surface area (TPSA) is 90.7 Å². The minimum atomic E-state index is -6.03. The SMILES string of the molecule is O=C(O)CCCCN(C(=O)c1ccncc1)c1ccc(C(O)(C(F)(F)F)C(F)(F)F)cc1. The lowest BCUT2D eigenvalue weighted by atomic mass is 9.92. The van der Waals surface area contributed by atoms with Gasteiger partial charge in [-0.3, -0.25) is 14.6 Å². The van der Waals surface area contributed by atoms with Crippen molar-refractivity contribution in [1.29, 1.82) is 0 Å². The first-order valence-electron chi connectivity index (χ1n) is 9.19. The number of alkyl halides is 6. The standard InChI is InChI=1S/C20H18F6N2O4/c21-19(22,23)18(32,20(24,25)26)14-4-6-15(7-5-14)28(12-2-1-3-16(29)30)17(31)13-8-10-27-11-9-13/h4-11,32H,1-3,12H2,(H,29,30). The van der Waals surface area contributed by atoms with Gasteiger partial charge in [-0.1, -0.05) is 12.1 Å². The molecular weight excluding hydrogens is 446 g/mol. The van der Waals surface area contributed by atoms with Crippen LogP contribution in [0.25, 0.3) is 0 Å². The van der Waals surface area contributed by atoms with Gasteiger partial charge in [-0.15, -0.1) is 0 Å². The number of carboxylic acid groups (broad SMARTS) is 1. The highest BCUT2D eigenvalue weighted by molar-refractivity contribution is 6.06. The molecule has 0 aliphatic rings. The third-order valence-corrected chi connectivity index (χ3v) is 4.61. The van der Waals surface area contributed by atoms with Gasteiger partial charge in [0.1, 0.15) is 0 Å². The van der Waals surface area contributed by atoms with Crippen molar-refractivity contribution in [3.05, 3.63) is 59.9 Å². The van der Waals surface area contributed by atoms with Crippen LogP contribution < -0.4 is 4.90 Å². The number of unbranched alkanes of at least 4 members (excludes halogenated alkanes) is 1. The predicted octanol–water partition coefficient (Wildman–Crippen LogP) is 4.30. The molecule has 6 nitrogen and oxygen atoms in total. The van der Waals surface area contributed by atoms with Crippen molar-refractivity contribution >= 4 is 17.6 Å². The smallest absolute Gasteiger partial charge is 0.430 e. The molecule has 0 atom stereocenters. The molecule has 0 fully saturated rings. The van der Waals surface area contributed by atoms with Gasteiger partial charge in [0.2, 0.25) is 0 Å². The predicted molar refractivity (Wildman–Crippen MR) is 99.8 cm³/mol. The average Bonchev–Trinajstić information content (AvgIpc) is 2.72. The number of aromatic nitrogens is 1. The van der Waals surface area contributed by atoms with Crippen molar-refractivity contribution < 1.29 is 46.1 Å². The lowest BCUT2D eigenvalue weighted by Gasteiger charge is -2.33. The Kier molecular flexibility index (Phi) is 7.50. The number of aliphatic carboxylic acids is 1. The van der Waals surface area contributed by atoms with E-state index >= 15 is 0 Å². The molecule has 0 saturated heterocycles. The number of pyridine rings is 1. The zero-order valence-corrected chi connectivity index (χ0v) is 16.3. The molecule has 0 saturated carbocycles. The number of rotatable bonds is 8. The van der Waals surface area contributed by atoms with E-state index in [-0.39, 0.29) is 37.1 Å².